The van der Waals surface area contributed by atoms with Gasteiger partial charge in [-0.2, -0.15) is 0 Å². The standard InChI is InChI=1S/C54H36N2/c1-3-16-37(17-4-1)38-18-15-21-42(34-38)56-52-29-14-12-27-48(52)44-23-8-10-25-46(44)50-33-31-40(36-54(50)56)39-30-32-49-45-24-9-7-22-43(45)47-26-11-13-28-51(47)55(53(49)35-39)41-19-5-2-6-20-41/h1-36H. The minimum absolute atomic E-state index is 1.12. The zero-order valence-corrected chi connectivity index (χ0v) is 30.7. The molecule has 2 aliphatic heterocycles. The Labute approximate surface area is 327 Å². The maximum Gasteiger partial charge on any atom is 0.0546 e. The van der Waals surface area contributed by atoms with Gasteiger partial charge in [-0.1, -0.05) is 170 Å². The van der Waals surface area contributed by atoms with Crippen LogP contribution in [0.15, 0.2) is 218 Å². The van der Waals surface area contributed by atoms with Gasteiger partial charge in [0.1, 0.15) is 0 Å². The van der Waals surface area contributed by atoms with Crippen LogP contribution in [0.4, 0.5) is 34.1 Å². The van der Waals surface area contributed by atoms with E-state index in [0.29, 0.717) is 0 Å². The Morgan fingerprint density at radius 1 is 0.196 bits per heavy atom. The second-order valence-electron chi connectivity index (χ2n) is 14.5. The first-order valence-electron chi connectivity index (χ1n) is 19.3. The Morgan fingerprint density at radius 2 is 0.554 bits per heavy atom. The van der Waals surface area contributed by atoms with E-state index in [-0.39, 0.29) is 0 Å². The molecule has 0 aliphatic carbocycles. The summed E-state index contributed by atoms with van der Waals surface area (Å²) in [6.07, 6.45) is 0. The third-order valence-electron chi connectivity index (χ3n) is 11.3. The molecule has 2 heterocycles. The summed E-state index contributed by atoms with van der Waals surface area (Å²) >= 11 is 0. The molecule has 0 saturated carbocycles. The third kappa shape index (κ3) is 5.19. The van der Waals surface area contributed by atoms with Gasteiger partial charge in [-0.3, -0.25) is 0 Å². The SMILES string of the molecule is c1ccc(-c2cccc(N3c4ccccc4-c4ccccc4-c4ccc(-c5ccc6c(c5)N(c5ccccc5)c5ccccc5-c5ccccc5-6)cc43)c2)cc1. The van der Waals surface area contributed by atoms with E-state index in [1.54, 1.807) is 0 Å². The molecule has 0 bridgehead atoms. The fourth-order valence-corrected chi connectivity index (χ4v) is 8.79. The van der Waals surface area contributed by atoms with Crippen LogP contribution in [0.25, 0.3) is 66.8 Å². The molecule has 2 nitrogen and oxygen atoms in total. The fraction of sp³-hybridized carbons (Fsp3) is 0. The zero-order chi connectivity index (χ0) is 37.0. The largest absolute Gasteiger partial charge is 0.309 e. The van der Waals surface area contributed by atoms with E-state index in [0.717, 1.165) is 39.6 Å². The lowest BCUT2D eigenvalue weighted by Gasteiger charge is -2.29. The van der Waals surface area contributed by atoms with Crippen molar-refractivity contribution in [3.8, 4) is 66.8 Å². The average Bonchev–Trinajstić information content (AvgIpc) is 3.48. The van der Waals surface area contributed by atoms with E-state index in [1.807, 2.05) is 0 Å². The summed E-state index contributed by atoms with van der Waals surface area (Å²) in [5, 5.41) is 0. The van der Waals surface area contributed by atoms with Crippen LogP contribution in [-0.4, -0.2) is 0 Å². The Morgan fingerprint density at radius 3 is 1.07 bits per heavy atom. The number of rotatable bonds is 4. The number of para-hydroxylation sites is 3. The summed E-state index contributed by atoms with van der Waals surface area (Å²) in [6, 6.07) is 79.7. The van der Waals surface area contributed by atoms with Crippen molar-refractivity contribution in [3.63, 3.8) is 0 Å². The zero-order valence-electron chi connectivity index (χ0n) is 30.7. The first kappa shape index (κ1) is 32.0. The minimum Gasteiger partial charge on any atom is -0.309 e. The predicted molar refractivity (Wildman–Crippen MR) is 236 cm³/mol. The fourth-order valence-electron chi connectivity index (χ4n) is 8.79. The molecule has 0 atom stereocenters. The summed E-state index contributed by atoms with van der Waals surface area (Å²) in [5.41, 5.74) is 21.4. The van der Waals surface area contributed by atoms with Crippen LogP contribution in [0.3, 0.4) is 0 Å². The van der Waals surface area contributed by atoms with Crippen LogP contribution in [0, 0.1) is 0 Å². The first-order valence-corrected chi connectivity index (χ1v) is 19.3. The van der Waals surface area contributed by atoms with Gasteiger partial charge in [0, 0.05) is 33.6 Å². The maximum atomic E-state index is 2.47. The summed E-state index contributed by atoms with van der Waals surface area (Å²) in [5.74, 6) is 0. The van der Waals surface area contributed by atoms with Crippen molar-refractivity contribution in [1.29, 1.82) is 0 Å². The van der Waals surface area contributed by atoms with Crippen molar-refractivity contribution in [2.75, 3.05) is 9.80 Å². The monoisotopic (exact) mass is 712 g/mol. The molecule has 2 heteroatoms. The van der Waals surface area contributed by atoms with Gasteiger partial charge in [-0.25, -0.2) is 0 Å². The van der Waals surface area contributed by atoms with Crippen molar-refractivity contribution >= 4 is 34.1 Å². The summed E-state index contributed by atoms with van der Waals surface area (Å²) in [4.78, 5) is 4.90. The van der Waals surface area contributed by atoms with E-state index in [9.17, 15) is 0 Å². The molecule has 2 aliphatic rings. The lowest BCUT2D eigenvalue weighted by Crippen LogP contribution is -2.11. The van der Waals surface area contributed by atoms with E-state index < -0.39 is 0 Å². The molecule has 9 aromatic carbocycles. The highest BCUT2D eigenvalue weighted by atomic mass is 15.2. The third-order valence-corrected chi connectivity index (χ3v) is 11.3. The Hall–Kier alpha value is -7.42. The molecule has 0 amide bonds. The van der Waals surface area contributed by atoms with Gasteiger partial charge in [0.05, 0.1) is 22.7 Å². The molecule has 0 spiro atoms. The van der Waals surface area contributed by atoms with E-state index >= 15 is 0 Å². The second-order valence-corrected chi connectivity index (χ2v) is 14.5. The number of nitrogens with zero attached hydrogens (tertiary/aromatic N) is 2. The number of anilines is 6. The molecule has 56 heavy (non-hydrogen) atoms. The van der Waals surface area contributed by atoms with Crippen LogP contribution in [0.1, 0.15) is 0 Å². The van der Waals surface area contributed by atoms with Crippen LogP contribution < -0.4 is 9.80 Å². The lowest BCUT2D eigenvalue weighted by atomic mass is 9.91. The molecule has 262 valence electrons. The lowest BCUT2D eigenvalue weighted by molar-refractivity contribution is 1.29. The van der Waals surface area contributed by atoms with Crippen molar-refractivity contribution in [2.45, 2.75) is 0 Å². The minimum atomic E-state index is 1.12. The molecular weight excluding hydrogens is 677 g/mol. The van der Waals surface area contributed by atoms with E-state index in [4.69, 9.17) is 0 Å². The van der Waals surface area contributed by atoms with Crippen molar-refractivity contribution < 1.29 is 0 Å². The highest BCUT2D eigenvalue weighted by Gasteiger charge is 2.29. The summed E-state index contributed by atoms with van der Waals surface area (Å²) in [6.45, 7) is 0. The number of hydrogen-bond acceptors (Lipinski definition) is 2. The Kier molecular flexibility index (Phi) is 7.53. The quantitative estimate of drug-likeness (QED) is 0.179. The molecular formula is C54H36N2. The summed E-state index contributed by atoms with van der Waals surface area (Å²) in [7, 11) is 0. The molecule has 11 rings (SSSR count). The molecule has 0 fully saturated rings. The first-order chi connectivity index (χ1) is 27.8. The Balaban J connectivity index is 1.15. The van der Waals surface area contributed by atoms with E-state index in [2.05, 4.69) is 228 Å². The summed E-state index contributed by atoms with van der Waals surface area (Å²) < 4.78 is 0. The van der Waals surface area contributed by atoms with E-state index in [1.165, 1.54) is 61.3 Å². The molecule has 0 radical (unpaired) electrons. The number of benzene rings is 9. The van der Waals surface area contributed by atoms with Gasteiger partial charge in [0.15, 0.2) is 0 Å². The van der Waals surface area contributed by atoms with Crippen molar-refractivity contribution in [1.82, 2.24) is 0 Å². The topological polar surface area (TPSA) is 6.48 Å². The maximum absolute atomic E-state index is 2.47. The molecule has 0 aromatic heterocycles. The molecule has 0 saturated heterocycles. The molecule has 0 N–H and O–H groups in total. The molecule has 9 aromatic rings. The van der Waals surface area contributed by atoms with Crippen LogP contribution in [0.5, 0.6) is 0 Å². The molecule has 0 unspecified atom stereocenters. The van der Waals surface area contributed by atoms with Gasteiger partial charge in [-0.15, -0.1) is 0 Å². The van der Waals surface area contributed by atoms with Crippen LogP contribution in [0.2, 0.25) is 0 Å². The van der Waals surface area contributed by atoms with Gasteiger partial charge in [-0.05, 0) is 93.0 Å². The van der Waals surface area contributed by atoms with Crippen LogP contribution in [-0.2, 0) is 0 Å². The second kappa shape index (κ2) is 13.2. The normalized spacial score (nSPS) is 12.2. The predicted octanol–water partition coefficient (Wildman–Crippen LogP) is 15.3. The smallest absolute Gasteiger partial charge is 0.0546 e. The van der Waals surface area contributed by atoms with Crippen molar-refractivity contribution in [2.24, 2.45) is 0 Å². The van der Waals surface area contributed by atoms with Crippen molar-refractivity contribution in [3.05, 3.63) is 218 Å². The van der Waals surface area contributed by atoms with Gasteiger partial charge >= 0.3 is 0 Å². The van der Waals surface area contributed by atoms with Gasteiger partial charge in [0.2, 0.25) is 0 Å². The Bertz CT molecular complexity index is 2930. The number of hydrogen-bond donors (Lipinski definition) is 0. The highest BCUT2D eigenvalue weighted by molar-refractivity contribution is 6.05. The van der Waals surface area contributed by atoms with Gasteiger partial charge < -0.3 is 9.80 Å². The highest BCUT2D eigenvalue weighted by Crippen LogP contribution is 2.54. The van der Waals surface area contributed by atoms with Crippen LogP contribution >= 0.6 is 0 Å². The number of fused-ring (bicyclic) bond motifs is 10. The van der Waals surface area contributed by atoms with Gasteiger partial charge in [0.25, 0.3) is 0 Å². The average molecular weight is 713 g/mol.